The fourth-order valence-corrected chi connectivity index (χ4v) is 2.47. The van der Waals surface area contributed by atoms with E-state index >= 15 is 0 Å². The van der Waals surface area contributed by atoms with Crippen molar-refractivity contribution in [3.05, 3.63) is 29.6 Å². The molecule has 6 heteroatoms. The summed E-state index contributed by atoms with van der Waals surface area (Å²) in [5.41, 5.74) is 0.407. The number of ether oxygens (including phenoxy) is 1. The molecule has 0 radical (unpaired) electrons. The molecule has 5 nitrogen and oxygen atoms in total. The van der Waals surface area contributed by atoms with Gasteiger partial charge in [0.1, 0.15) is 0 Å². The second-order valence-electron chi connectivity index (χ2n) is 5.22. The van der Waals surface area contributed by atoms with Gasteiger partial charge in [-0.2, -0.15) is 0 Å². The molecule has 0 saturated carbocycles. The van der Waals surface area contributed by atoms with E-state index in [1.54, 1.807) is 12.1 Å². The molecule has 110 valence electrons. The number of methoxy groups -OCH3 is 1. The number of hydrogen-bond acceptors (Lipinski definition) is 4. The third-order valence-electron chi connectivity index (χ3n) is 3.83. The Balaban J connectivity index is 2.08. The van der Waals surface area contributed by atoms with E-state index in [-0.39, 0.29) is 17.7 Å². The fraction of sp³-hybridized carbons (Fsp3) is 0.500. The molecule has 1 fully saturated rings. The van der Waals surface area contributed by atoms with Gasteiger partial charge in [0.2, 0.25) is 0 Å². The van der Waals surface area contributed by atoms with Crippen molar-refractivity contribution in [2.24, 2.45) is 0 Å². The third kappa shape index (κ3) is 2.91. The maximum atomic E-state index is 13.7. The van der Waals surface area contributed by atoms with Crippen LogP contribution in [0.1, 0.15) is 12.0 Å². The Morgan fingerprint density at radius 1 is 1.55 bits per heavy atom. The average molecular weight is 282 g/mol. The summed E-state index contributed by atoms with van der Waals surface area (Å²) >= 11 is 0. The van der Waals surface area contributed by atoms with Gasteiger partial charge in [-0.15, -0.1) is 0 Å². The molecule has 0 spiro atoms. The first-order valence-corrected chi connectivity index (χ1v) is 6.43. The van der Waals surface area contributed by atoms with Gasteiger partial charge < -0.3 is 15.2 Å². The highest BCUT2D eigenvalue weighted by Crippen LogP contribution is 2.26. The second-order valence-corrected chi connectivity index (χ2v) is 5.22. The molecule has 0 bridgehead atoms. The van der Waals surface area contributed by atoms with Crippen molar-refractivity contribution in [2.75, 3.05) is 27.2 Å². The lowest BCUT2D eigenvalue weighted by Crippen LogP contribution is -2.68. The largest absolute Gasteiger partial charge is 0.494 e. The van der Waals surface area contributed by atoms with Crippen LogP contribution in [-0.2, 0) is 11.3 Å². The van der Waals surface area contributed by atoms with Crippen LogP contribution in [0.4, 0.5) is 4.39 Å². The summed E-state index contributed by atoms with van der Waals surface area (Å²) < 4.78 is 18.5. The van der Waals surface area contributed by atoms with Crippen LogP contribution in [0, 0.1) is 5.82 Å². The molecule has 0 aromatic heterocycles. The zero-order valence-corrected chi connectivity index (χ0v) is 11.6. The van der Waals surface area contributed by atoms with Crippen molar-refractivity contribution in [1.82, 2.24) is 10.2 Å². The summed E-state index contributed by atoms with van der Waals surface area (Å²) in [5, 5.41) is 12.1. The van der Waals surface area contributed by atoms with E-state index < -0.39 is 11.8 Å². The number of carbonyl (C=O) groups is 1. The number of nitrogens with zero attached hydrogens (tertiary/aromatic N) is 1. The van der Waals surface area contributed by atoms with Gasteiger partial charge in [-0.1, -0.05) is 6.07 Å². The highest BCUT2D eigenvalue weighted by Gasteiger charge is 2.42. The van der Waals surface area contributed by atoms with E-state index in [1.807, 2.05) is 11.9 Å². The molecule has 2 rings (SSSR count). The molecule has 1 heterocycles. The molecule has 20 heavy (non-hydrogen) atoms. The van der Waals surface area contributed by atoms with Crippen molar-refractivity contribution in [3.63, 3.8) is 0 Å². The van der Waals surface area contributed by atoms with Gasteiger partial charge in [-0.25, -0.2) is 4.39 Å². The van der Waals surface area contributed by atoms with Crippen molar-refractivity contribution < 1.29 is 19.0 Å². The molecular formula is C14H19FN2O3. The minimum Gasteiger partial charge on any atom is -0.494 e. The molecule has 0 amide bonds. The number of rotatable bonds is 6. The predicted molar refractivity (Wildman–Crippen MR) is 72.3 cm³/mol. The minimum atomic E-state index is -0.820. The fourth-order valence-electron chi connectivity index (χ4n) is 2.47. The first-order valence-electron chi connectivity index (χ1n) is 6.43. The third-order valence-corrected chi connectivity index (χ3v) is 3.83. The van der Waals surface area contributed by atoms with Crippen molar-refractivity contribution in [3.8, 4) is 5.75 Å². The normalized spacial score (nSPS) is 16.8. The lowest BCUT2D eigenvalue weighted by atomic mass is 9.86. The maximum absolute atomic E-state index is 13.7. The minimum absolute atomic E-state index is 0.0785. The summed E-state index contributed by atoms with van der Waals surface area (Å²) in [4.78, 5) is 12.9. The van der Waals surface area contributed by atoms with E-state index in [2.05, 4.69) is 5.32 Å². The van der Waals surface area contributed by atoms with Gasteiger partial charge in [0, 0.05) is 19.6 Å². The van der Waals surface area contributed by atoms with Crippen LogP contribution < -0.4 is 10.1 Å². The molecule has 2 N–H and O–H groups in total. The Hall–Kier alpha value is -1.66. The summed E-state index contributed by atoms with van der Waals surface area (Å²) in [7, 11) is 3.29. The van der Waals surface area contributed by atoms with Crippen LogP contribution in [0.15, 0.2) is 18.2 Å². The van der Waals surface area contributed by atoms with Crippen molar-refractivity contribution in [1.29, 1.82) is 0 Å². The van der Waals surface area contributed by atoms with Crippen LogP contribution in [0.2, 0.25) is 0 Å². The van der Waals surface area contributed by atoms with Gasteiger partial charge in [-0.3, -0.25) is 9.69 Å². The summed E-state index contributed by atoms with van der Waals surface area (Å²) in [6.07, 6.45) is 0.0785. The summed E-state index contributed by atoms with van der Waals surface area (Å²) in [6.45, 7) is 1.76. The van der Waals surface area contributed by atoms with Crippen LogP contribution in [0.3, 0.4) is 0 Å². The first kappa shape index (κ1) is 14.7. The molecule has 1 saturated heterocycles. The number of likely N-dealkylation sites (N-methyl/N-ethyl adjacent to an activating group) is 1. The molecule has 0 unspecified atom stereocenters. The summed E-state index contributed by atoms with van der Waals surface area (Å²) in [6, 6.07) is 4.80. The molecular weight excluding hydrogens is 263 g/mol. The maximum Gasteiger partial charge on any atom is 0.305 e. The topological polar surface area (TPSA) is 61.8 Å². The van der Waals surface area contributed by atoms with E-state index in [1.165, 1.54) is 13.2 Å². The van der Waals surface area contributed by atoms with Crippen LogP contribution in [-0.4, -0.2) is 48.8 Å². The van der Waals surface area contributed by atoms with Gasteiger partial charge in [0.25, 0.3) is 0 Å². The van der Waals surface area contributed by atoms with Crippen LogP contribution in [0.25, 0.3) is 0 Å². The van der Waals surface area contributed by atoms with E-state index in [0.29, 0.717) is 19.6 Å². The molecule has 1 aromatic rings. The summed E-state index contributed by atoms with van der Waals surface area (Å²) in [5.74, 6) is -1.02. The van der Waals surface area contributed by atoms with Gasteiger partial charge in [0.05, 0.1) is 19.1 Å². The Bertz CT molecular complexity index is 503. The van der Waals surface area contributed by atoms with E-state index in [9.17, 15) is 9.18 Å². The number of halogens is 1. The van der Waals surface area contributed by atoms with Gasteiger partial charge in [-0.05, 0) is 24.7 Å². The van der Waals surface area contributed by atoms with E-state index in [0.717, 1.165) is 5.56 Å². The van der Waals surface area contributed by atoms with Gasteiger partial charge >= 0.3 is 5.97 Å². The smallest absolute Gasteiger partial charge is 0.305 e. The number of hydrogen-bond donors (Lipinski definition) is 2. The average Bonchev–Trinajstić information content (AvgIpc) is 2.33. The molecule has 0 atom stereocenters. The SMILES string of the molecule is COc1ccc(CN(C)C2(CC(=O)O)CNC2)cc1F. The zero-order chi connectivity index (χ0) is 14.8. The Morgan fingerprint density at radius 3 is 2.70 bits per heavy atom. The van der Waals surface area contributed by atoms with Crippen LogP contribution >= 0.6 is 0 Å². The quantitative estimate of drug-likeness (QED) is 0.817. The first-order chi connectivity index (χ1) is 9.47. The number of aliphatic carboxylic acids is 1. The lowest BCUT2D eigenvalue weighted by molar-refractivity contribution is -0.141. The van der Waals surface area contributed by atoms with Gasteiger partial charge in [0.15, 0.2) is 11.6 Å². The zero-order valence-electron chi connectivity index (χ0n) is 11.6. The van der Waals surface area contributed by atoms with E-state index in [4.69, 9.17) is 9.84 Å². The Kier molecular flexibility index (Phi) is 4.25. The monoisotopic (exact) mass is 282 g/mol. The van der Waals surface area contributed by atoms with Crippen LogP contribution in [0.5, 0.6) is 5.75 Å². The molecule has 1 aliphatic heterocycles. The predicted octanol–water partition coefficient (Wildman–Crippen LogP) is 1.08. The number of nitrogens with one attached hydrogen (secondary N) is 1. The Morgan fingerprint density at radius 2 is 2.25 bits per heavy atom. The molecule has 1 aromatic carbocycles. The lowest BCUT2D eigenvalue weighted by Gasteiger charge is -2.48. The molecule has 0 aliphatic carbocycles. The van der Waals surface area contributed by atoms with Crippen molar-refractivity contribution in [2.45, 2.75) is 18.5 Å². The molecule has 1 aliphatic rings. The number of carboxylic acid groups (broad SMARTS) is 1. The number of benzene rings is 1. The standard InChI is InChI=1S/C14H19FN2O3/c1-17(14(6-13(18)19)8-16-9-14)7-10-3-4-12(20-2)11(15)5-10/h3-5,16H,6-9H2,1-2H3,(H,18,19). The highest BCUT2D eigenvalue weighted by atomic mass is 19.1. The number of carboxylic acids is 1. The van der Waals surface area contributed by atoms with Crippen molar-refractivity contribution >= 4 is 5.97 Å². The highest BCUT2D eigenvalue weighted by molar-refractivity contribution is 5.68. The Labute approximate surface area is 117 Å². The second kappa shape index (κ2) is 5.76.